The molecule has 0 unspecified atom stereocenters. The molecule has 0 aromatic carbocycles. The molecule has 3 atom stereocenters. The molecule has 2 rings (SSSR count). The van der Waals surface area contributed by atoms with Crippen molar-refractivity contribution in [3.63, 3.8) is 0 Å². The van der Waals surface area contributed by atoms with Crippen molar-refractivity contribution in [2.75, 3.05) is 19.7 Å². The molecule has 12 heavy (non-hydrogen) atoms. The van der Waals surface area contributed by atoms with Crippen LogP contribution in [-0.2, 0) is 4.74 Å². The fourth-order valence-electron chi connectivity index (χ4n) is 2.11. The van der Waals surface area contributed by atoms with E-state index in [1.165, 1.54) is 12.8 Å². The van der Waals surface area contributed by atoms with Crippen LogP contribution in [0.5, 0.6) is 0 Å². The largest absolute Gasteiger partial charge is 0.376 e. The average Bonchev–Trinajstić information content (AvgIpc) is 2.02. The van der Waals surface area contributed by atoms with E-state index in [2.05, 4.69) is 11.8 Å². The fraction of sp³-hybridized carbons (Fsp3) is 1.00. The van der Waals surface area contributed by atoms with E-state index in [4.69, 9.17) is 10.5 Å². The molecule has 0 radical (unpaired) electrons. The smallest absolute Gasteiger partial charge is 0.0674 e. The Morgan fingerprint density at radius 3 is 2.75 bits per heavy atom. The van der Waals surface area contributed by atoms with E-state index in [9.17, 15) is 0 Å². The first-order valence-electron chi connectivity index (χ1n) is 4.88. The summed E-state index contributed by atoms with van der Waals surface area (Å²) in [7, 11) is 0. The van der Waals surface area contributed by atoms with Crippen molar-refractivity contribution < 1.29 is 4.74 Å². The van der Waals surface area contributed by atoms with Gasteiger partial charge in [0.2, 0.25) is 0 Å². The van der Waals surface area contributed by atoms with Gasteiger partial charge in [0.15, 0.2) is 0 Å². The predicted octanol–water partition coefficient (Wildman–Crippen LogP) is 0.197. The van der Waals surface area contributed by atoms with Crippen molar-refractivity contribution in [3.05, 3.63) is 0 Å². The van der Waals surface area contributed by atoms with Gasteiger partial charge in [-0.3, -0.25) is 4.90 Å². The minimum absolute atomic E-state index is 0.395. The summed E-state index contributed by atoms with van der Waals surface area (Å²) < 4.78 is 5.48. The summed E-state index contributed by atoms with van der Waals surface area (Å²) in [6.07, 6.45) is 2.89. The Labute approximate surface area is 73.9 Å². The monoisotopic (exact) mass is 170 g/mol. The van der Waals surface area contributed by atoms with E-state index in [0.717, 1.165) is 19.7 Å². The van der Waals surface area contributed by atoms with Crippen LogP contribution in [0.4, 0.5) is 0 Å². The maximum absolute atomic E-state index is 5.92. The third-order valence-electron chi connectivity index (χ3n) is 3.03. The number of nitrogens with two attached hydrogens (primary N) is 1. The van der Waals surface area contributed by atoms with E-state index in [1.807, 2.05) is 0 Å². The number of ether oxygens (including phenoxy) is 1. The maximum atomic E-state index is 5.92. The highest BCUT2D eigenvalue weighted by Gasteiger charge is 2.34. The Morgan fingerprint density at radius 2 is 2.25 bits per heavy atom. The Balaban J connectivity index is 1.86. The number of hydrogen-bond donors (Lipinski definition) is 1. The second-order valence-corrected chi connectivity index (χ2v) is 3.98. The van der Waals surface area contributed by atoms with Crippen molar-refractivity contribution >= 4 is 0 Å². The van der Waals surface area contributed by atoms with E-state index < -0.39 is 0 Å². The molecule has 70 valence electrons. The Morgan fingerprint density at radius 1 is 1.42 bits per heavy atom. The second-order valence-electron chi connectivity index (χ2n) is 3.98. The van der Waals surface area contributed by atoms with Crippen molar-refractivity contribution in [2.45, 2.75) is 38.0 Å². The standard InChI is InChI=1S/C9H18N2O/c1-7-6-11(4-5-12-7)9-3-2-8(9)10/h7-9H,2-6,10H2,1H3/t7-,8-,9+/m1/s1. The van der Waals surface area contributed by atoms with Gasteiger partial charge in [-0.1, -0.05) is 0 Å². The molecule has 0 bridgehead atoms. The van der Waals surface area contributed by atoms with Crippen molar-refractivity contribution in [1.29, 1.82) is 0 Å². The van der Waals surface area contributed by atoms with E-state index in [1.54, 1.807) is 0 Å². The lowest BCUT2D eigenvalue weighted by Crippen LogP contribution is -2.58. The molecule has 3 nitrogen and oxygen atoms in total. The summed E-state index contributed by atoms with van der Waals surface area (Å²) >= 11 is 0. The molecule has 1 heterocycles. The summed E-state index contributed by atoms with van der Waals surface area (Å²) in [5, 5.41) is 0. The zero-order chi connectivity index (χ0) is 8.55. The van der Waals surface area contributed by atoms with Gasteiger partial charge in [0.1, 0.15) is 0 Å². The third-order valence-corrected chi connectivity index (χ3v) is 3.03. The molecular weight excluding hydrogens is 152 g/mol. The lowest BCUT2D eigenvalue weighted by molar-refractivity contribution is -0.0512. The predicted molar refractivity (Wildman–Crippen MR) is 48.0 cm³/mol. The van der Waals surface area contributed by atoms with E-state index in [0.29, 0.717) is 18.2 Å². The molecular formula is C9H18N2O. The van der Waals surface area contributed by atoms with Crippen LogP contribution in [0, 0.1) is 0 Å². The van der Waals surface area contributed by atoms with Gasteiger partial charge < -0.3 is 10.5 Å². The summed E-state index contributed by atoms with van der Waals surface area (Å²) in [6, 6.07) is 1.08. The molecule has 1 aliphatic heterocycles. The molecule has 1 saturated heterocycles. The molecule has 1 aliphatic carbocycles. The first-order chi connectivity index (χ1) is 5.77. The lowest BCUT2D eigenvalue weighted by Gasteiger charge is -2.45. The highest BCUT2D eigenvalue weighted by atomic mass is 16.5. The van der Waals surface area contributed by atoms with Crippen molar-refractivity contribution in [2.24, 2.45) is 5.73 Å². The highest BCUT2D eigenvalue weighted by molar-refractivity contribution is 4.93. The topological polar surface area (TPSA) is 38.5 Å². The van der Waals surface area contributed by atoms with Crippen LogP contribution in [0.25, 0.3) is 0 Å². The Kier molecular flexibility index (Phi) is 2.35. The zero-order valence-corrected chi connectivity index (χ0v) is 7.70. The van der Waals surface area contributed by atoms with Crippen LogP contribution in [-0.4, -0.2) is 42.8 Å². The van der Waals surface area contributed by atoms with Gasteiger partial charge in [0.05, 0.1) is 12.7 Å². The van der Waals surface area contributed by atoms with Gasteiger partial charge in [0, 0.05) is 25.2 Å². The molecule has 3 heteroatoms. The van der Waals surface area contributed by atoms with Crippen LogP contribution in [0.15, 0.2) is 0 Å². The molecule has 2 aliphatic rings. The maximum Gasteiger partial charge on any atom is 0.0674 e. The Hall–Kier alpha value is -0.120. The van der Waals surface area contributed by atoms with Crippen LogP contribution < -0.4 is 5.73 Å². The Bertz CT molecular complexity index is 163. The third kappa shape index (κ3) is 1.49. The van der Waals surface area contributed by atoms with Crippen LogP contribution >= 0.6 is 0 Å². The molecule has 0 aromatic heterocycles. The molecule has 1 saturated carbocycles. The second kappa shape index (κ2) is 3.32. The minimum atomic E-state index is 0.395. The van der Waals surface area contributed by atoms with Gasteiger partial charge >= 0.3 is 0 Å². The highest BCUT2D eigenvalue weighted by Crippen LogP contribution is 2.25. The summed E-state index contributed by atoms with van der Waals surface area (Å²) in [4.78, 5) is 2.49. The van der Waals surface area contributed by atoms with E-state index >= 15 is 0 Å². The van der Waals surface area contributed by atoms with Gasteiger partial charge in [-0.2, -0.15) is 0 Å². The summed E-state index contributed by atoms with van der Waals surface area (Å²) in [5.41, 5.74) is 5.92. The number of nitrogens with zero attached hydrogens (tertiary/aromatic N) is 1. The minimum Gasteiger partial charge on any atom is -0.376 e. The average molecular weight is 170 g/mol. The molecule has 0 aromatic rings. The number of morpholine rings is 1. The molecule has 2 fully saturated rings. The van der Waals surface area contributed by atoms with Gasteiger partial charge in [-0.05, 0) is 19.8 Å². The van der Waals surface area contributed by atoms with Gasteiger partial charge in [-0.25, -0.2) is 0 Å². The first kappa shape index (κ1) is 8.48. The zero-order valence-electron chi connectivity index (χ0n) is 7.70. The number of rotatable bonds is 1. The van der Waals surface area contributed by atoms with Crippen LogP contribution in [0.1, 0.15) is 19.8 Å². The SMILES string of the molecule is C[C@@H]1CN([C@H]2CC[C@H]2N)CCO1. The van der Waals surface area contributed by atoms with Crippen molar-refractivity contribution in [1.82, 2.24) is 4.90 Å². The quantitative estimate of drug-likeness (QED) is 0.611. The summed E-state index contributed by atoms with van der Waals surface area (Å²) in [5.74, 6) is 0. The number of hydrogen-bond acceptors (Lipinski definition) is 3. The van der Waals surface area contributed by atoms with Gasteiger partial charge in [0.25, 0.3) is 0 Å². The molecule has 0 amide bonds. The van der Waals surface area contributed by atoms with Crippen molar-refractivity contribution in [3.8, 4) is 0 Å². The van der Waals surface area contributed by atoms with Gasteiger partial charge in [-0.15, -0.1) is 0 Å². The summed E-state index contributed by atoms with van der Waals surface area (Å²) in [6.45, 7) is 5.15. The normalized spacial score (nSPS) is 44.0. The lowest BCUT2D eigenvalue weighted by atomic mass is 9.85. The van der Waals surface area contributed by atoms with Crippen LogP contribution in [0.2, 0.25) is 0 Å². The van der Waals surface area contributed by atoms with E-state index in [-0.39, 0.29) is 0 Å². The molecule has 0 spiro atoms. The molecule has 2 N–H and O–H groups in total. The van der Waals surface area contributed by atoms with Crippen LogP contribution in [0.3, 0.4) is 0 Å². The fourth-order valence-corrected chi connectivity index (χ4v) is 2.11. The first-order valence-corrected chi connectivity index (χ1v) is 4.88.